The molecule has 3 N–H and O–H groups in total. The molecule has 0 atom stereocenters. The third-order valence-corrected chi connectivity index (χ3v) is 3.44. The summed E-state index contributed by atoms with van der Waals surface area (Å²) < 4.78 is 31.6. The third kappa shape index (κ3) is 30.7. The van der Waals surface area contributed by atoms with E-state index in [1.165, 1.54) is 39.3 Å². The summed E-state index contributed by atoms with van der Waals surface area (Å²) >= 11 is 0. The lowest BCUT2D eigenvalue weighted by molar-refractivity contribution is 0.321. The number of nitrogens with zero attached hydrogens (tertiary/aromatic N) is 2. The van der Waals surface area contributed by atoms with Crippen molar-refractivity contribution < 1.29 is 22.6 Å². The van der Waals surface area contributed by atoms with Crippen LogP contribution in [0.4, 0.5) is 0 Å². The summed E-state index contributed by atoms with van der Waals surface area (Å²) in [6.45, 7) is 20.2. The van der Waals surface area contributed by atoms with Crippen LogP contribution in [0.25, 0.3) is 0 Å². The van der Waals surface area contributed by atoms with Crippen molar-refractivity contribution in [1.82, 2.24) is 9.80 Å². The van der Waals surface area contributed by atoms with Crippen LogP contribution in [0.2, 0.25) is 0 Å². The van der Waals surface area contributed by atoms with Crippen LogP contribution in [-0.4, -0.2) is 71.7 Å². The average Bonchev–Trinajstić information content (AvgIpc) is 2.58. The van der Waals surface area contributed by atoms with E-state index in [9.17, 15) is 0 Å². The monoisotopic (exact) mass is 394 g/mol. The molecule has 7 nitrogen and oxygen atoms in total. The Morgan fingerprint density at radius 2 is 0.923 bits per heavy atom. The van der Waals surface area contributed by atoms with Gasteiger partial charge >= 0.3 is 10.4 Å². The lowest BCUT2D eigenvalue weighted by Gasteiger charge is -2.13. The van der Waals surface area contributed by atoms with Crippen LogP contribution in [0.15, 0.2) is 30.3 Å². The second kappa shape index (κ2) is 20.1. The first-order valence-electron chi connectivity index (χ1n) is 8.97. The van der Waals surface area contributed by atoms with Crippen molar-refractivity contribution in [2.24, 2.45) is 0 Å². The summed E-state index contributed by atoms with van der Waals surface area (Å²) in [6.07, 6.45) is 0. The Kier molecular flexibility index (Phi) is 22.9. The summed E-state index contributed by atoms with van der Waals surface area (Å²) in [4.78, 5) is 4.75. The number of rotatable bonds is 6. The Balaban J connectivity index is -0.000000274. The molecule has 0 heterocycles. The highest BCUT2D eigenvalue weighted by atomic mass is 32.3. The highest BCUT2D eigenvalue weighted by Gasteiger charge is 1.89. The minimum absolute atomic E-state index is 0.322. The van der Waals surface area contributed by atoms with E-state index in [0.29, 0.717) is 5.75 Å². The van der Waals surface area contributed by atoms with Crippen LogP contribution in [0.1, 0.15) is 41.5 Å². The van der Waals surface area contributed by atoms with E-state index in [4.69, 9.17) is 22.6 Å². The Labute approximate surface area is 160 Å². The van der Waals surface area contributed by atoms with E-state index in [1.54, 1.807) is 24.3 Å². The molecule has 0 saturated heterocycles. The van der Waals surface area contributed by atoms with Gasteiger partial charge in [-0.2, -0.15) is 8.42 Å². The molecule has 0 amide bonds. The summed E-state index contributed by atoms with van der Waals surface area (Å²) in [5.74, 6) is 0.322. The first kappa shape index (κ1) is 29.6. The molecular weight excluding hydrogens is 356 g/mol. The molecule has 0 aliphatic carbocycles. The minimum atomic E-state index is -4.67. The fraction of sp³-hybridized carbons (Fsp3) is 0.667. The van der Waals surface area contributed by atoms with E-state index < -0.39 is 10.4 Å². The number of hydrogen-bond donors (Lipinski definition) is 3. The van der Waals surface area contributed by atoms with Gasteiger partial charge in [-0.05, 0) is 51.4 Å². The fourth-order valence-corrected chi connectivity index (χ4v) is 1.77. The first-order valence-corrected chi connectivity index (χ1v) is 10.4. The van der Waals surface area contributed by atoms with Gasteiger partial charge in [0.2, 0.25) is 0 Å². The first-order chi connectivity index (χ1) is 12.1. The molecule has 156 valence electrons. The van der Waals surface area contributed by atoms with Crippen LogP contribution in [0.5, 0.6) is 5.75 Å². The minimum Gasteiger partial charge on any atom is -0.508 e. The van der Waals surface area contributed by atoms with Crippen molar-refractivity contribution in [3.8, 4) is 5.75 Å². The smallest absolute Gasteiger partial charge is 0.394 e. The van der Waals surface area contributed by atoms with Gasteiger partial charge in [-0.15, -0.1) is 0 Å². The zero-order valence-corrected chi connectivity index (χ0v) is 17.9. The Hall–Kier alpha value is -1.19. The maximum atomic E-state index is 8.74. The molecule has 0 aliphatic heterocycles. The van der Waals surface area contributed by atoms with Gasteiger partial charge in [0, 0.05) is 0 Å². The average molecular weight is 395 g/mol. The van der Waals surface area contributed by atoms with E-state index in [2.05, 4.69) is 51.3 Å². The molecule has 26 heavy (non-hydrogen) atoms. The quantitative estimate of drug-likeness (QED) is 0.635. The molecular formula is C18H38N2O5S. The zero-order valence-electron chi connectivity index (χ0n) is 17.1. The van der Waals surface area contributed by atoms with Crippen molar-refractivity contribution >= 4 is 10.4 Å². The predicted octanol–water partition coefficient (Wildman–Crippen LogP) is 3.44. The van der Waals surface area contributed by atoms with Gasteiger partial charge in [0.1, 0.15) is 5.75 Å². The summed E-state index contributed by atoms with van der Waals surface area (Å²) in [5.41, 5.74) is 0. The number of phenols is 1. The largest absolute Gasteiger partial charge is 0.508 e. The predicted molar refractivity (Wildman–Crippen MR) is 109 cm³/mol. The number of hydrogen-bond acceptors (Lipinski definition) is 5. The fourth-order valence-electron chi connectivity index (χ4n) is 1.77. The van der Waals surface area contributed by atoms with Crippen LogP contribution in [0.3, 0.4) is 0 Å². The maximum absolute atomic E-state index is 8.74. The number of benzene rings is 1. The lowest BCUT2D eigenvalue weighted by Crippen LogP contribution is -2.21. The van der Waals surface area contributed by atoms with Crippen molar-refractivity contribution in [3.05, 3.63) is 30.3 Å². The maximum Gasteiger partial charge on any atom is 0.394 e. The zero-order chi connectivity index (χ0) is 21.0. The Morgan fingerprint density at radius 3 is 1.00 bits per heavy atom. The van der Waals surface area contributed by atoms with Crippen LogP contribution in [-0.2, 0) is 10.4 Å². The lowest BCUT2D eigenvalue weighted by atomic mass is 10.3. The summed E-state index contributed by atoms with van der Waals surface area (Å²) in [5, 5.41) is 8.63. The van der Waals surface area contributed by atoms with Crippen LogP contribution >= 0.6 is 0 Å². The van der Waals surface area contributed by atoms with Crippen molar-refractivity contribution in [3.63, 3.8) is 0 Å². The molecule has 0 spiro atoms. The molecule has 0 radical (unpaired) electrons. The topological polar surface area (TPSA) is 101 Å². The normalized spacial score (nSPS) is 10.1. The van der Waals surface area contributed by atoms with Gasteiger partial charge in [0.05, 0.1) is 0 Å². The highest BCUT2D eigenvalue weighted by Crippen LogP contribution is 2.02. The number of para-hydroxylation sites is 1. The second-order valence-electron chi connectivity index (χ2n) is 5.02. The van der Waals surface area contributed by atoms with E-state index in [-0.39, 0.29) is 0 Å². The Bertz CT molecular complexity index is 445. The van der Waals surface area contributed by atoms with Gasteiger partial charge in [-0.1, -0.05) is 59.7 Å². The molecule has 0 aliphatic rings. The molecule has 1 aromatic rings. The van der Waals surface area contributed by atoms with E-state index >= 15 is 0 Å². The molecule has 0 fully saturated rings. The SMILES string of the molecule is CCN(CC)CC.CCN(CC)CC.O=S(=O)(O)O.Oc1ccccc1. The van der Waals surface area contributed by atoms with Crippen molar-refractivity contribution in [2.75, 3.05) is 39.3 Å². The van der Waals surface area contributed by atoms with Crippen molar-refractivity contribution in [2.45, 2.75) is 41.5 Å². The molecule has 1 rings (SSSR count). The number of phenolic OH excluding ortho intramolecular Hbond substituents is 1. The van der Waals surface area contributed by atoms with Gasteiger partial charge < -0.3 is 14.9 Å². The summed E-state index contributed by atoms with van der Waals surface area (Å²) in [7, 11) is -4.67. The molecule has 0 unspecified atom stereocenters. The van der Waals surface area contributed by atoms with Gasteiger partial charge in [-0.3, -0.25) is 9.11 Å². The highest BCUT2D eigenvalue weighted by molar-refractivity contribution is 7.79. The van der Waals surface area contributed by atoms with Crippen LogP contribution in [0, 0.1) is 0 Å². The molecule has 0 aromatic heterocycles. The van der Waals surface area contributed by atoms with Gasteiger partial charge in [-0.25, -0.2) is 0 Å². The second-order valence-corrected chi connectivity index (χ2v) is 5.92. The molecule has 1 aromatic carbocycles. The number of aromatic hydroxyl groups is 1. The van der Waals surface area contributed by atoms with Crippen molar-refractivity contribution in [1.29, 1.82) is 0 Å². The van der Waals surface area contributed by atoms with Crippen LogP contribution < -0.4 is 0 Å². The molecule has 8 heteroatoms. The standard InChI is InChI=1S/2C6H15N.C6H6O.H2O4S/c2*1-4-7(5-2)6-3;7-6-4-2-1-3-5-6;1-5(2,3)4/h2*4-6H2,1-3H3;1-5,7H;(H2,1,2,3,4). The third-order valence-electron chi connectivity index (χ3n) is 3.44. The van der Waals surface area contributed by atoms with E-state index in [0.717, 1.165) is 0 Å². The molecule has 0 bridgehead atoms. The van der Waals surface area contributed by atoms with E-state index in [1.807, 2.05) is 6.07 Å². The van der Waals surface area contributed by atoms with Gasteiger partial charge in [0.25, 0.3) is 0 Å². The Morgan fingerprint density at radius 1 is 0.692 bits per heavy atom. The summed E-state index contributed by atoms with van der Waals surface area (Å²) in [6, 6.07) is 8.71. The van der Waals surface area contributed by atoms with Gasteiger partial charge in [0.15, 0.2) is 0 Å². The molecule has 0 saturated carbocycles.